The van der Waals surface area contributed by atoms with E-state index in [0.29, 0.717) is 56.4 Å². The van der Waals surface area contributed by atoms with Gasteiger partial charge in [-0.3, -0.25) is 9.36 Å². The van der Waals surface area contributed by atoms with Gasteiger partial charge in [-0.25, -0.2) is 9.79 Å². The number of esters is 1. The molecule has 234 valence electrons. The third kappa shape index (κ3) is 7.10. The molecule has 5 rings (SSSR count). The minimum absolute atomic E-state index is 0.186. The fourth-order valence-corrected chi connectivity index (χ4v) is 6.88. The zero-order valence-electron chi connectivity index (χ0n) is 25.3. The molecule has 0 amide bonds. The molecule has 1 aliphatic rings. The predicted molar refractivity (Wildman–Crippen MR) is 182 cm³/mol. The highest BCUT2D eigenvalue weighted by Crippen LogP contribution is 2.39. The van der Waals surface area contributed by atoms with Crippen molar-refractivity contribution in [3.8, 4) is 17.2 Å². The van der Waals surface area contributed by atoms with E-state index in [2.05, 4.69) is 31.9 Å². The predicted octanol–water partition coefficient (Wildman–Crippen LogP) is 6.70. The largest absolute Gasteiger partial charge is 0.497 e. The smallest absolute Gasteiger partial charge is 0.338 e. The van der Waals surface area contributed by atoms with Crippen LogP contribution in [0.15, 0.2) is 90.7 Å². The Hall–Kier alpha value is -3.67. The molecule has 3 aromatic carbocycles. The van der Waals surface area contributed by atoms with Crippen LogP contribution in [0.2, 0.25) is 0 Å². The van der Waals surface area contributed by atoms with Crippen LogP contribution in [-0.4, -0.2) is 31.4 Å². The molecule has 0 N–H and O–H groups in total. The minimum Gasteiger partial charge on any atom is -0.497 e. The van der Waals surface area contributed by atoms with E-state index < -0.39 is 12.0 Å². The Labute approximate surface area is 281 Å². The highest BCUT2D eigenvalue weighted by atomic mass is 79.9. The van der Waals surface area contributed by atoms with Crippen LogP contribution >= 0.6 is 43.2 Å². The Kier molecular flexibility index (Phi) is 10.6. The first-order valence-electron chi connectivity index (χ1n) is 14.4. The van der Waals surface area contributed by atoms with E-state index in [1.807, 2.05) is 55.5 Å². The molecular formula is C34H32Br2N2O6S. The van der Waals surface area contributed by atoms with Crippen molar-refractivity contribution < 1.29 is 23.7 Å². The number of carbonyl (C=O) groups excluding carboxylic acids is 1. The Bertz CT molecular complexity index is 1930. The average Bonchev–Trinajstić information content (AvgIpc) is 3.34. The van der Waals surface area contributed by atoms with Crippen molar-refractivity contribution in [1.29, 1.82) is 0 Å². The van der Waals surface area contributed by atoms with Crippen molar-refractivity contribution in [2.75, 3.05) is 20.8 Å². The standard InChI is InChI=1S/C34H32Br2N2O6S/c1-5-7-26-30(33(40)43-6-2)31(24-18-23(41-3)13-15-27(24)42-4)38-32(39)29(45-34(38)37-26)17-21-10-14-28(25(36)16-21)44-19-20-8-11-22(35)12-9-20/h8-18,31H,5-7,19H2,1-4H3/b29-17-/t31-/m0/s1. The van der Waals surface area contributed by atoms with Gasteiger partial charge in [-0.05, 0) is 88.9 Å². The summed E-state index contributed by atoms with van der Waals surface area (Å²) in [5.74, 6) is 1.25. The maximum atomic E-state index is 14.2. The number of methoxy groups -OCH3 is 2. The summed E-state index contributed by atoms with van der Waals surface area (Å²) in [6, 6.07) is 18.1. The second-order valence-electron chi connectivity index (χ2n) is 10.1. The van der Waals surface area contributed by atoms with Gasteiger partial charge in [0.1, 0.15) is 29.9 Å². The number of ether oxygens (including phenoxy) is 4. The summed E-state index contributed by atoms with van der Waals surface area (Å²) in [7, 11) is 3.12. The van der Waals surface area contributed by atoms with Gasteiger partial charge in [0.15, 0.2) is 4.80 Å². The quantitative estimate of drug-likeness (QED) is 0.159. The van der Waals surface area contributed by atoms with Gasteiger partial charge in [-0.15, -0.1) is 0 Å². The lowest BCUT2D eigenvalue weighted by Crippen LogP contribution is -2.40. The summed E-state index contributed by atoms with van der Waals surface area (Å²) >= 11 is 8.34. The Morgan fingerprint density at radius 3 is 2.42 bits per heavy atom. The molecule has 45 heavy (non-hydrogen) atoms. The molecule has 0 saturated heterocycles. The van der Waals surface area contributed by atoms with E-state index in [0.717, 1.165) is 26.5 Å². The summed E-state index contributed by atoms with van der Waals surface area (Å²) in [6.45, 7) is 4.38. The first-order valence-corrected chi connectivity index (χ1v) is 16.8. The molecule has 0 radical (unpaired) electrons. The molecule has 0 unspecified atom stereocenters. The number of thiazole rings is 1. The van der Waals surface area contributed by atoms with Crippen molar-refractivity contribution in [3.05, 3.63) is 117 Å². The Morgan fingerprint density at radius 2 is 1.76 bits per heavy atom. The van der Waals surface area contributed by atoms with Gasteiger partial charge in [-0.1, -0.05) is 58.8 Å². The summed E-state index contributed by atoms with van der Waals surface area (Å²) in [5.41, 5.74) is 3.08. The Morgan fingerprint density at radius 1 is 1.00 bits per heavy atom. The van der Waals surface area contributed by atoms with E-state index in [4.69, 9.17) is 23.9 Å². The van der Waals surface area contributed by atoms with Crippen LogP contribution in [0.4, 0.5) is 0 Å². The first-order chi connectivity index (χ1) is 21.8. The number of carbonyl (C=O) groups is 1. The van der Waals surface area contributed by atoms with Gasteiger partial charge in [0.25, 0.3) is 5.56 Å². The highest BCUT2D eigenvalue weighted by molar-refractivity contribution is 9.10. The number of hydrogen-bond donors (Lipinski definition) is 0. The van der Waals surface area contributed by atoms with Crippen molar-refractivity contribution in [2.45, 2.75) is 39.3 Å². The normalized spacial score (nSPS) is 14.5. The monoisotopic (exact) mass is 754 g/mol. The zero-order chi connectivity index (χ0) is 32.1. The van der Waals surface area contributed by atoms with Crippen LogP contribution < -0.4 is 29.1 Å². The molecule has 1 atom stereocenters. The fourth-order valence-electron chi connectivity index (χ4n) is 5.09. The molecule has 0 bridgehead atoms. The van der Waals surface area contributed by atoms with Crippen LogP contribution in [0.1, 0.15) is 49.4 Å². The highest BCUT2D eigenvalue weighted by Gasteiger charge is 2.36. The zero-order valence-corrected chi connectivity index (χ0v) is 29.3. The molecule has 1 aromatic heterocycles. The summed E-state index contributed by atoms with van der Waals surface area (Å²) in [5, 5.41) is 0. The first kappa shape index (κ1) is 32.7. The van der Waals surface area contributed by atoms with Crippen molar-refractivity contribution in [1.82, 2.24) is 4.57 Å². The maximum Gasteiger partial charge on any atom is 0.338 e. The van der Waals surface area contributed by atoms with Crippen molar-refractivity contribution in [2.24, 2.45) is 4.99 Å². The van der Waals surface area contributed by atoms with Crippen molar-refractivity contribution in [3.63, 3.8) is 0 Å². The van der Waals surface area contributed by atoms with Gasteiger partial charge in [-0.2, -0.15) is 0 Å². The fraction of sp³-hybridized carbons (Fsp3) is 0.265. The topological polar surface area (TPSA) is 88.4 Å². The SMILES string of the molecule is CCCC1=C(C(=O)OCC)[C@H](c2cc(OC)ccc2OC)n2c(s/c(=C\c3ccc(OCc4ccc(Br)cc4)c(Br)c3)c2=O)=N1. The number of aromatic nitrogens is 1. The number of hydrogen-bond acceptors (Lipinski definition) is 8. The molecule has 0 saturated carbocycles. The summed E-state index contributed by atoms with van der Waals surface area (Å²) in [6.07, 6.45) is 3.11. The Balaban J connectivity index is 1.61. The molecule has 2 heterocycles. The minimum atomic E-state index is -0.824. The lowest BCUT2D eigenvalue weighted by molar-refractivity contribution is -0.139. The summed E-state index contributed by atoms with van der Waals surface area (Å²) in [4.78, 5) is 33.0. The van der Waals surface area contributed by atoms with E-state index in [9.17, 15) is 9.59 Å². The number of benzene rings is 3. The van der Waals surface area contributed by atoms with E-state index in [-0.39, 0.29) is 12.2 Å². The van der Waals surface area contributed by atoms with Gasteiger partial charge in [0.2, 0.25) is 0 Å². The number of rotatable bonds is 11. The molecule has 1 aliphatic heterocycles. The number of nitrogens with zero attached hydrogens (tertiary/aromatic N) is 2. The maximum absolute atomic E-state index is 14.2. The lowest BCUT2D eigenvalue weighted by Gasteiger charge is -2.27. The molecule has 4 aromatic rings. The molecule has 0 aliphatic carbocycles. The third-order valence-electron chi connectivity index (χ3n) is 7.18. The van der Waals surface area contributed by atoms with E-state index in [1.165, 1.54) is 11.3 Å². The second-order valence-corrected chi connectivity index (χ2v) is 12.9. The van der Waals surface area contributed by atoms with Crippen LogP contribution in [0.5, 0.6) is 17.2 Å². The number of halogens is 2. The number of fused-ring (bicyclic) bond motifs is 1. The molecule has 8 nitrogen and oxygen atoms in total. The van der Waals surface area contributed by atoms with Crippen LogP contribution in [0.25, 0.3) is 6.08 Å². The van der Waals surface area contributed by atoms with Crippen LogP contribution in [0, 0.1) is 0 Å². The van der Waals surface area contributed by atoms with Gasteiger partial charge >= 0.3 is 5.97 Å². The van der Waals surface area contributed by atoms with Gasteiger partial charge < -0.3 is 18.9 Å². The number of allylic oxidation sites excluding steroid dienone is 1. The van der Waals surface area contributed by atoms with Crippen molar-refractivity contribution >= 4 is 55.2 Å². The molecule has 11 heteroatoms. The molecule has 0 spiro atoms. The second kappa shape index (κ2) is 14.6. The lowest BCUT2D eigenvalue weighted by atomic mass is 9.93. The van der Waals surface area contributed by atoms with E-state index in [1.54, 1.807) is 43.9 Å². The molecular weight excluding hydrogens is 724 g/mol. The van der Waals surface area contributed by atoms with E-state index >= 15 is 0 Å². The van der Waals surface area contributed by atoms with Gasteiger partial charge in [0.05, 0.1) is 41.1 Å². The summed E-state index contributed by atoms with van der Waals surface area (Å²) < 4.78 is 26.6. The molecule has 0 fully saturated rings. The average molecular weight is 757 g/mol. The third-order valence-corrected chi connectivity index (χ3v) is 9.32. The van der Waals surface area contributed by atoms with Crippen LogP contribution in [-0.2, 0) is 16.1 Å². The van der Waals surface area contributed by atoms with Crippen LogP contribution in [0.3, 0.4) is 0 Å². The van der Waals surface area contributed by atoms with Gasteiger partial charge in [0, 0.05) is 10.0 Å².